The molecule has 0 aliphatic carbocycles. The molecule has 0 spiro atoms. The van der Waals surface area contributed by atoms with Crippen molar-refractivity contribution in [2.45, 2.75) is 19.4 Å². The number of nitrogens with zero attached hydrogens (tertiary/aromatic N) is 1. The largest absolute Gasteiger partial charge is 0.493 e. The summed E-state index contributed by atoms with van der Waals surface area (Å²) >= 11 is 0. The third-order valence-corrected chi connectivity index (χ3v) is 5.74. The van der Waals surface area contributed by atoms with Crippen LogP contribution in [0, 0.1) is 12.7 Å². The van der Waals surface area contributed by atoms with Crippen molar-refractivity contribution >= 4 is 23.4 Å². The summed E-state index contributed by atoms with van der Waals surface area (Å²) in [5, 5.41) is 3.01. The van der Waals surface area contributed by atoms with E-state index >= 15 is 0 Å². The van der Waals surface area contributed by atoms with Gasteiger partial charge in [-0.05, 0) is 55.5 Å². The Balaban J connectivity index is 1.41. The molecule has 160 valence electrons. The van der Waals surface area contributed by atoms with Gasteiger partial charge in [0.25, 0.3) is 17.7 Å². The molecule has 1 atom stereocenters. The van der Waals surface area contributed by atoms with Gasteiger partial charge >= 0.3 is 0 Å². The molecular formula is C25H19FN2O4. The zero-order valence-corrected chi connectivity index (χ0v) is 17.2. The Labute approximate surface area is 183 Å². The van der Waals surface area contributed by atoms with E-state index in [1.54, 1.807) is 0 Å². The van der Waals surface area contributed by atoms with Crippen LogP contribution in [0.15, 0.2) is 60.7 Å². The van der Waals surface area contributed by atoms with Crippen molar-refractivity contribution in [1.82, 2.24) is 5.32 Å². The summed E-state index contributed by atoms with van der Waals surface area (Å²) in [6.07, 6.45) is 0.628. The van der Waals surface area contributed by atoms with Gasteiger partial charge in [-0.3, -0.25) is 14.4 Å². The minimum atomic E-state index is -0.543. The SMILES string of the molecule is Cc1ccc2c(c1)C(NC(=O)c1ccc3c(c1)C(=O)N(c1ccc(F)cc1)C3=O)CCO2. The maximum absolute atomic E-state index is 13.2. The van der Waals surface area contributed by atoms with E-state index in [0.29, 0.717) is 13.0 Å². The van der Waals surface area contributed by atoms with Gasteiger partial charge in [-0.25, -0.2) is 9.29 Å². The fourth-order valence-corrected chi connectivity index (χ4v) is 4.11. The number of aryl methyl sites for hydroxylation is 1. The molecule has 5 rings (SSSR count). The van der Waals surface area contributed by atoms with Crippen LogP contribution in [0.25, 0.3) is 0 Å². The Kier molecular flexibility index (Phi) is 4.74. The number of imide groups is 1. The third kappa shape index (κ3) is 3.32. The zero-order chi connectivity index (χ0) is 22.4. The van der Waals surface area contributed by atoms with E-state index in [4.69, 9.17) is 4.74 Å². The first-order valence-corrected chi connectivity index (χ1v) is 10.2. The predicted molar refractivity (Wildman–Crippen MR) is 115 cm³/mol. The Bertz CT molecular complexity index is 1270. The molecule has 2 aliphatic rings. The standard InChI is InChI=1S/C25H19FN2O4/c1-14-2-9-22-20(12-14)21(10-11-32-22)27-23(29)15-3-8-18-19(13-15)25(31)28(24(18)30)17-6-4-16(26)5-7-17/h2-9,12-13,21H,10-11H2,1H3,(H,27,29). The summed E-state index contributed by atoms with van der Waals surface area (Å²) in [5.74, 6) is -1.10. The molecule has 0 fully saturated rings. The van der Waals surface area contributed by atoms with E-state index in [9.17, 15) is 18.8 Å². The molecule has 0 aromatic heterocycles. The van der Waals surface area contributed by atoms with E-state index in [2.05, 4.69) is 5.32 Å². The summed E-state index contributed by atoms with van der Waals surface area (Å²) in [4.78, 5) is 39.6. The number of amides is 3. The first kappa shape index (κ1) is 19.9. The van der Waals surface area contributed by atoms with Gasteiger partial charge in [0.1, 0.15) is 11.6 Å². The van der Waals surface area contributed by atoms with Gasteiger partial charge in [0.2, 0.25) is 0 Å². The Morgan fingerprint density at radius 1 is 1.00 bits per heavy atom. The normalized spacial score (nSPS) is 16.9. The fourth-order valence-electron chi connectivity index (χ4n) is 4.11. The van der Waals surface area contributed by atoms with Crippen LogP contribution in [0.2, 0.25) is 0 Å². The first-order chi connectivity index (χ1) is 15.4. The zero-order valence-electron chi connectivity index (χ0n) is 17.2. The summed E-state index contributed by atoms with van der Waals surface area (Å²) in [6.45, 7) is 2.47. The molecule has 2 heterocycles. The maximum atomic E-state index is 13.2. The number of hydrogen-bond donors (Lipinski definition) is 1. The quantitative estimate of drug-likeness (QED) is 0.633. The van der Waals surface area contributed by atoms with Crippen LogP contribution in [0.4, 0.5) is 10.1 Å². The third-order valence-electron chi connectivity index (χ3n) is 5.74. The highest BCUT2D eigenvalue weighted by Crippen LogP contribution is 2.33. The van der Waals surface area contributed by atoms with Crippen molar-refractivity contribution in [3.05, 3.63) is 94.3 Å². The highest BCUT2D eigenvalue weighted by atomic mass is 19.1. The minimum Gasteiger partial charge on any atom is -0.493 e. The van der Waals surface area contributed by atoms with Crippen LogP contribution in [-0.2, 0) is 0 Å². The minimum absolute atomic E-state index is 0.148. The van der Waals surface area contributed by atoms with Crippen LogP contribution in [0.3, 0.4) is 0 Å². The lowest BCUT2D eigenvalue weighted by atomic mass is 9.98. The van der Waals surface area contributed by atoms with Crippen LogP contribution in [0.1, 0.15) is 54.7 Å². The van der Waals surface area contributed by atoms with Crippen LogP contribution >= 0.6 is 0 Å². The van der Waals surface area contributed by atoms with Gasteiger partial charge in [-0.1, -0.05) is 17.7 Å². The highest BCUT2D eigenvalue weighted by molar-refractivity contribution is 6.34. The Morgan fingerprint density at radius 2 is 1.75 bits per heavy atom. The van der Waals surface area contributed by atoms with Crippen molar-refractivity contribution in [2.75, 3.05) is 11.5 Å². The lowest BCUT2D eigenvalue weighted by molar-refractivity contribution is 0.0916. The number of halogens is 1. The summed E-state index contributed by atoms with van der Waals surface area (Å²) in [6, 6.07) is 15.2. The second-order valence-electron chi connectivity index (χ2n) is 7.89. The van der Waals surface area contributed by atoms with Crippen molar-refractivity contribution in [3.8, 4) is 5.75 Å². The Morgan fingerprint density at radius 3 is 2.53 bits per heavy atom. The molecule has 3 aromatic carbocycles. The number of carbonyl (C=O) groups is 3. The number of nitrogens with one attached hydrogen (secondary N) is 1. The number of ether oxygens (including phenoxy) is 1. The second kappa shape index (κ2) is 7.60. The van der Waals surface area contributed by atoms with Crippen molar-refractivity contribution in [1.29, 1.82) is 0 Å². The average molecular weight is 430 g/mol. The van der Waals surface area contributed by atoms with Crippen molar-refractivity contribution < 1.29 is 23.5 Å². The van der Waals surface area contributed by atoms with E-state index in [-0.39, 0.29) is 34.3 Å². The number of anilines is 1. The number of benzene rings is 3. The van der Waals surface area contributed by atoms with Crippen molar-refractivity contribution in [3.63, 3.8) is 0 Å². The molecule has 32 heavy (non-hydrogen) atoms. The molecule has 3 amide bonds. The molecular weight excluding hydrogens is 411 g/mol. The van der Waals surface area contributed by atoms with E-state index in [0.717, 1.165) is 21.8 Å². The number of rotatable bonds is 3. The number of carbonyl (C=O) groups excluding carboxylic acids is 3. The van der Waals surface area contributed by atoms with E-state index < -0.39 is 17.6 Å². The lowest BCUT2D eigenvalue weighted by Gasteiger charge is -2.27. The molecule has 1 unspecified atom stereocenters. The van der Waals surface area contributed by atoms with Crippen molar-refractivity contribution in [2.24, 2.45) is 0 Å². The average Bonchev–Trinajstić information content (AvgIpc) is 3.04. The van der Waals surface area contributed by atoms with Gasteiger partial charge in [-0.15, -0.1) is 0 Å². The van der Waals surface area contributed by atoms with Gasteiger partial charge in [0.05, 0.1) is 29.5 Å². The second-order valence-corrected chi connectivity index (χ2v) is 7.89. The monoisotopic (exact) mass is 430 g/mol. The van der Waals surface area contributed by atoms with E-state index in [1.165, 1.54) is 42.5 Å². The number of hydrogen-bond acceptors (Lipinski definition) is 4. The first-order valence-electron chi connectivity index (χ1n) is 10.2. The summed E-state index contributed by atoms with van der Waals surface area (Å²) in [7, 11) is 0. The summed E-state index contributed by atoms with van der Waals surface area (Å²) < 4.78 is 18.9. The van der Waals surface area contributed by atoms with Crippen LogP contribution < -0.4 is 15.0 Å². The maximum Gasteiger partial charge on any atom is 0.266 e. The van der Waals surface area contributed by atoms with Gasteiger partial charge < -0.3 is 10.1 Å². The summed E-state index contributed by atoms with van der Waals surface area (Å²) in [5.41, 5.74) is 2.90. The smallest absolute Gasteiger partial charge is 0.266 e. The molecule has 6 nitrogen and oxygen atoms in total. The van der Waals surface area contributed by atoms with Gasteiger partial charge in [0, 0.05) is 17.5 Å². The number of fused-ring (bicyclic) bond motifs is 2. The molecule has 0 radical (unpaired) electrons. The molecule has 3 aromatic rings. The van der Waals surface area contributed by atoms with E-state index in [1.807, 2.05) is 25.1 Å². The molecule has 1 N–H and O–H groups in total. The fraction of sp³-hybridized carbons (Fsp3) is 0.160. The molecule has 7 heteroatoms. The predicted octanol–water partition coefficient (Wildman–Crippen LogP) is 4.19. The van der Waals surface area contributed by atoms with Crippen LogP contribution in [0.5, 0.6) is 5.75 Å². The van der Waals surface area contributed by atoms with Gasteiger partial charge in [0.15, 0.2) is 0 Å². The van der Waals surface area contributed by atoms with Gasteiger partial charge in [-0.2, -0.15) is 0 Å². The van der Waals surface area contributed by atoms with Crippen LogP contribution in [-0.4, -0.2) is 24.3 Å². The molecule has 0 saturated carbocycles. The molecule has 0 bridgehead atoms. The highest BCUT2D eigenvalue weighted by Gasteiger charge is 2.37. The topological polar surface area (TPSA) is 75.7 Å². The molecule has 2 aliphatic heterocycles. The lowest BCUT2D eigenvalue weighted by Crippen LogP contribution is -2.32. The molecule has 0 saturated heterocycles. The Hall–Kier alpha value is -4.00.